The van der Waals surface area contributed by atoms with Crippen LogP contribution in [0.3, 0.4) is 0 Å². The monoisotopic (exact) mass is 384 g/mol. The summed E-state index contributed by atoms with van der Waals surface area (Å²) < 4.78 is 29.6. The van der Waals surface area contributed by atoms with E-state index in [4.69, 9.17) is 27.0 Å². The molecule has 3 aromatic rings. The average molecular weight is 385 g/mol. The Morgan fingerprint density at radius 3 is 2.58 bits per heavy atom. The number of pyridine rings is 2. The molecule has 1 aromatic carbocycles. The second kappa shape index (κ2) is 6.08. The van der Waals surface area contributed by atoms with Gasteiger partial charge in [-0.05, 0) is 24.3 Å². The molecule has 0 unspecified atom stereocenters. The fourth-order valence-electron chi connectivity index (χ4n) is 2.36. The van der Waals surface area contributed by atoms with Gasteiger partial charge in [0.2, 0.25) is 0 Å². The van der Waals surface area contributed by atoms with Gasteiger partial charge in [-0.2, -0.15) is 0 Å². The molecule has 0 fully saturated rings. The maximum Gasteiger partial charge on any atom is 0.261 e. The van der Waals surface area contributed by atoms with Crippen molar-refractivity contribution in [2.45, 2.75) is 4.90 Å². The summed E-state index contributed by atoms with van der Waals surface area (Å²) in [5.41, 5.74) is 0.547. The van der Waals surface area contributed by atoms with Crippen molar-refractivity contribution in [2.24, 2.45) is 0 Å². The van der Waals surface area contributed by atoms with Crippen LogP contribution < -0.4 is 10.3 Å². The maximum atomic E-state index is 12.4. The second-order valence-electron chi connectivity index (χ2n) is 4.84. The fraction of sp³-hybridized carbons (Fsp3) is 0.0667. The Morgan fingerprint density at radius 2 is 1.92 bits per heavy atom. The lowest BCUT2D eigenvalue weighted by molar-refractivity contribution is 0.411. The first-order valence-electron chi connectivity index (χ1n) is 6.61. The molecule has 9 heteroatoms. The van der Waals surface area contributed by atoms with Crippen molar-refractivity contribution in [1.29, 1.82) is 0 Å². The number of methoxy groups -OCH3 is 1. The summed E-state index contributed by atoms with van der Waals surface area (Å²) in [6, 6.07) is 8.56. The van der Waals surface area contributed by atoms with Crippen LogP contribution in [0.2, 0.25) is 5.15 Å². The van der Waals surface area contributed by atoms with Gasteiger partial charge in [0.1, 0.15) is 5.15 Å². The first-order chi connectivity index (χ1) is 11.3. The zero-order valence-electron chi connectivity index (χ0n) is 12.2. The molecule has 0 amide bonds. The van der Waals surface area contributed by atoms with Gasteiger partial charge in [0.25, 0.3) is 14.6 Å². The zero-order valence-corrected chi connectivity index (χ0v) is 14.6. The van der Waals surface area contributed by atoms with Gasteiger partial charge in [0.15, 0.2) is 5.75 Å². The van der Waals surface area contributed by atoms with Crippen LogP contribution in [0.4, 0.5) is 0 Å². The van der Waals surface area contributed by atoms with Gasteiger partial charge >= 0.3 is 0 Å². The summed E-state index contributed by atoms with van der Waals surface area (Å²) in [6.07, 6.45) is 1.40. The summed E-state index contributed by atoms with van der Waals surface area (Å²) >= 11 is 5.93. The van der Waals surface area contributed by atoms with Crippen LogP contribution in [-0.4, -0.2) is 25.1 Å². The lowest BCUT2D eigenvalue weighted by Crippen LogP contribution is -2.18. The molecule has 0 radical (unpaired) electrons. The van der Waals surface area contributed by atoms with E-state index in [9.17, 15) is 13.2 Å². The molecule has 24 heavy (non-hydrogen) atoms. The van der Waals surface area contributed by atoms with Crippen molar-refractivity contribution in [3.63, 3.8) is 0 Å². The Kier molecular flexibility index (Phi) is 4.25. The molecule has 0 bridgehead atoms. The number of halogens is 2. The molecule has 124 valence electrons. The third-order valence-corrected chi connectivity index (χ3v) is 4.98. The van der Waals surface area contributed by atoms with E-state index in [1.54, 1.807) is 0 Å². The number of hydrogen-bond acceptors (Lipinski definition) is 5. The largest absolute Gasteiger partial charge is 0.493 e. The molecule has 0 saturated carbocycles. The van der Waals surface area contributed by atoms with Crippen LogP contribution in [0.1, 0.15) is 0 Å². The van der Waals surface area contributed by atoms with Crippen LogP contribution >= 0.6 is 22.3 Å². The van der Waals surface area contributed by atoms with Crippen molar-refractivity contribution in [1.82, 2.24) is 9.55 Å². The molecule has 0 aliphatic rings. The van der Waals surface area contributed by atoms with Crippen molar-refractivity contribution in [2.75, 3.05) is 7.11 Å². The number of nitrogens with zero attached hydrogens (tertiary/aromatic N) is 2. The van der Waals surface area contributed by atoms with Crippen LogP contribution in [0.15, 0.2) is 52.3 Å². The van der Waals surface area contributed by atoms with E-state index < -0.39 is 9.05 Å². The van der Waals surface area contributed by atoms with Gasteiger partial charge in [-0.15, -0.1) is 0 Å². The number of rotatable bonds is 3. The van der Waals surface area contributed by atoms with Crippen molar-refractivity contribution in [3.8, 4) is 11.4 Å². The molecule has 0 aliphatic heterocycles. The highest BCUT2D eigenvalue weighted by Gasteiger charge is 2.15. The minimum atomic E-state index is -3.87. The number of fused-ring (bicyclic) bond motifs is 1. The lowest BCUT2D eigenvalue weighted by atomic mass is 10.2. The van der Waals surface area contributed by atoms with Gasteiger partial charge in [-0.25, -0.2) is 13.4 Å². The minimum absolute atomic E-state index is 0.0541. The predicted octanol–water partition coefficient (Wildman–Crippen LogP) is 2.98. The van der Waals surface area contributed by atoms with Crippen LogP contribution in [0.5, 0.6) is 5.75 Å². The number of ether oxygens (including phenoxy) is 1. The molecule has 0 spiro atoms. The number of hydrogen-bond donors (Lipinski definition) is 0. The topological polar surface area (TPSA) is 78.3 Å². The molecule has 0 aliphatic carbocycles. The molecule has 6 nitrogen and oxygen atoms in total. The standard InChI is InChI=1S/C15H10Cl2N2O4S/c1-23-13-8-18-14(16)7-12(13)19-11-4-3-10(24(17,21)22)6-9(11)2-5-15(19)20/h2-8H,1H3. The first kappa shape index (κ1) is 16.8. The molecule has 0 N–H and O–H groups in total. The predicted molar refractivity (Wildman–Crippen MR) is 91.9 cm³/mol. The Balaban J connectivity index is 2.39. The normalized spacial score (nSPS) is 11.6. The smallest absolute Gasteiger partial charge is 0.261 e. The Hall–Kier alpha value is -2.09. The summed E-state index contributed by atoms with van der Waals surface area (Å²) in [4.78, 5) is 16.3. The van der Waals surface area contributed by atoms with E-state index in [0.29, 0.717) is 22.3 Å². The third kappa shape index (κ3) is 2.98. The fourth-order valence-corrected chi connectivity index (χ4v) is 3.30. The molecule has 0 saturated heterocycles. The highest BCUT2D eigenvalue weighted by Crippen LogP contribution is 2.28. The van der Waals surface area contributed by atoms with Crippen molar-refractivity contribution < 1.29 is 13.2 Å². The van der Waals surface area contributed by atoms with Crippen molar-refractivity contribution >= 4 is 42.2 Å². The molecular weight excluding hydrogens is 375 g/mol. The molecular formula is C15H10Cl2N2O4S. The van der Waals surface area contributed by atoms with E-state index in [0.717, 1.165) is 0 Å². The first-order valence-corrected chi connectivity index (χ1v) is 9.30. The van der Waals surface area contributed by atoms with Gasteiger partial charge in [0.05, 0.1) is 29.4 Å². The van der Waals surface area contributed by atoms with Gasteiger partial charge in [0, 0.05) is 28.2 Å². The van der Waals surface area contributed by atoms with Crippen LogP contribution in [-0.2, 0) is 9.05 Å². The van der Waals surface area contributed by atoms with E-state index >= 15 is 0 Å². The number of benzene rings is 1. The second-order valence-corrected chi connectivity index (χ2v) is 7.80. The van der Waals surface area contributed by atoms with Crippen molar-refractivity contribution in [3.05, 3.63) is 58.1 Å². The average Bonchev–Trinajstić information content (AvgIpc) is 2.53. The quantitative estimate of drug-likeness (QED) is 0.512. The van der Waals surface area contributed by atoms with Gasteiger partial charge < -0.3 is 4.74 Å². The summed E-state index contributed by atoms with van der Waals surface area (Å²) in [6.45, 7) is 0. The highest BCUT2D eigenvalue weighted by molar-refractivity contribution is 8.13. The third-order valence-electron chi connectivity index (χ3n) is 3.42. The SMILES string of the molecule is COc1cnc(Cl)cc1-n1c(=O)ccc2cc(S(=O)(=O)Cl)ccc21. The minimum Gasteiger partial charge on any atom is -0.493 e. The summed E-state index contributed by atoms with van der Waals surface area (Å²) in [5, 5.41) is 0.709. The zero-order chi connectivity index (χ0) is 17.5. The molecule has 2 aromatic heterocycles. The Morgan fingerprint density at radius 1 is 1.17 bits per heavy atom. The Labute approximate surface area is 146 Å². The van der Waals surface area contributed by atoms with Crippen LogP contribution in [0.25, 0.3) is 16.6 Å². The van der Waals surface area contributed by atoms with Gasteiger partial charge in [-0.1, -0.05) is 11.6 Å². The van der Waals surface area contributed by atoms with E-state index in [1.165, 1.54) is 54.3 Å². The van der Waals surface area contributed by atoms with E-state index in [-0.39, 0.29) is 15.6 Å². The summed E-state index contributed by atoms with van der Waals surface area (Å²) in [5.74, 6) is 0.350. The lowest BCUT2D eigenvalue weighted by Gasteiger charge is -2.14. The molecule has 0 atom stereocenters. The maximum absolute atomic E-state index is 12.4. The summed E-state index contributed by atoms with van der Waals surface area (Å²) in [7, 11) is 2.95. The molecule has 3 rings (SSSR count). The van der Waals surface area contributed by atoms with Gasteiger partial charge in [-0.3, -0.25) is 9.36 Å². The van der Waals surface area contributed by atoms with E-state index in [1.807, 2.05) is 0 Å². The Bertz CT molecular complexity index is 1110. The van der Waals surface area contributed by atoms with E-state index in [2.05, 4.69) is 4.98 Å². The molecule has 2 heterocycles. The highest BCUT2D eigenvalue weighted by atomic mass is 35.7. The number of aromatic nitrogens is 2. The van der Waals surface area contributed by atoms with Crippen LogP contribution in [0, 0.1) is 0 Å².